The van der Waals surface area contributed by atoms with E-state index in [9.17, 15) is 0 Å². The normalized spacial score (nSPS) is 10.8. The lowest BCUT2D eigenvalue weighted by Gasteiger charge is -2.12. The zero-order valence-corrected chi connectivity index (χ0v) is 10.5. The molecule has 0 radical (unpaired) electrons. The summed E-state index contributed by atoms with van der Waals surface area (Å²) < 4.78 is 2.14. The van der Waals surface area contributed by atoms with Gasteiger partial charge in [0.05, 0.1) is 5.69 Å². The molecule has 0 aliphatic rings. The molecular weight excluding hydrogens is 212 g/mol. The SMILES string of the molecule is Cc1cn(C(C)C)c(NCc2cccnc2)n1. The highest BCUT2D eigenvalue weighted by Gasteiger charge is 2.07. The van der Waals surface area contributed by atoms with Crippen molar-refractivity contribution in [2.75, 3.05) is 5.32 Å². The predicted octanol–water partition coefficient (Wildman–Crippen LogP) is 2.78. The van der Waals surface area contributed by atoms with Crippen LogP contribution >= 0.6 is 0 Å². The molecule has 0 fully saturated rings. The summed E-state index contributed by atoms with van der Waals surface area (Å²) in [6, 6.07) is 4.40. The molecule has 0 amide bonds. The molecule has 0 aliphatic heterocycles. The summed E-state index contributed by atoms with van der Waals surface area (Å²) in [6.07, 6.45) is 5.71. The maximum Gasteiger partial charge on any atom is 0.203 e. The molecule has 0 saturated heterocycles. The van der Waals surface area contributed by atoms with Gasteiger partial charge in [0.2, 0.25) is 5.95 Å². The fourth-order valence-corrected chi connectivity index (χ4v) is 1.72. The Bertz CT molecular complexity index is 473. The van der Waals surface area contributed by atoms with Gasteiger partial charge in [0.15, 0.2) is 0 Å². The van der Waals surface area contributed by atoms with Crippen LogP contribution in [0.4, 0.5) is 5.95 Å². The molecule has 0 aromatic carbocycles. The van der Waals surface area contributed by atoms with Crippen LogP contribution in [0.5, 0.6) is 0 Å². The average molecular weight is 230 g/mol. The van der Waals surface area contributed by atoms with Gasteiger partial charge in [0.25, 0.3) is 0 Å². The largest absolute Gasteiger partial charge is 0.352 e. The monoisotopic (exact) mass is 230 g/mol. The number of anilines is 1. The Morgan fingerprint density at radius 1 is 1.41 bits per heavy atom. The zero-order valence-electron chi connectivity index (χ0n) is 10.5. The van der Waals surface area contributed by atoms with Crippen LogP contribution in [0.25, 0.3) is 0 Å². The maximum absolute atomic E-state index is 4.48. The minimum Gasteiger partial charge on any atom is -0.352 e. The van der Waals surface area contributed by atoms with Crippen LogP contribution < -0.4 is 5.32 Å². The van der Waals surface area contributed by atoms with E-state index in [1.54, 1.807) is 6.20 Å². The smallest absolute Gasteiger partial charge is 0.203 e. The van der Waals surface area contributed by atoms with E-state index in [2.05, 4.69) is 46.0 Å². The van der Waals surface area contributed by atoms with Crippen LogP contribution in [0, 0.1) is 6.92 Å². The number of pyridine rings is 1. The summed E-state index contributed by atoms with van der Waals surface area (Å²) >= 11 is 0. The highest BCUT2D eigenvalue weighted by molar-refractivity contribution is 5.31. The molecule has 4 heteroatoms. The Balaban J connectivity index is 2.09. The van der Waals surface area contributed by atoms with Crippen LogP contribution in [0.3, 0.4) is 0 Å². The quantitative estimate of drug-likeness (QED) is 0.878. The third kappa shape index (κ3) is 2.84. The Morgan fingerprint density at radius 3 is 2.88 bits per heavy atom. The number of aryl methyl sites for hydroxylation is 1. The van der Waals surface area contributed by atoms with E-state index in [1.165, 1.54) is 0 Å². The van der Waals surface area contributed by atoms with Crippen LogP contribution in [0.2, 0.25) is 0 Å². The number of nitrogens with one attached hydrogen (secondary N) is 1. The first-order valence-corrected chi connectivity index (χ1v) is 5.85. The molecule has 2 heterocycles. The van der Waals surface area contributed by atoms with Gasteiger partial charge in [-0.3, -0.25) is 4.98 Å². The van der Waals surface area contributed by atoms with Crippen molar-refractivity contribution in [2.45, 2.75) is 33.4 Å². The minimum atomic E-state index is 0.410. The van der Waals surface area contributed by atoms with Gasteiger partial charge in [-0.2, -0.15) is 0 Å². The van der Waals surface area contributed by atoms with Crippen LogP contribution in [-0.4, -0.2) is 14.5 Å². The summed E-state index contributed by atoms with van der Waals surface area (Å²) in [4.78, 5) is 8.57. The number of rotatable bonds is 4. The molecule has 2 rings (SSSR count). The Morgan fingerprint density at radius 2 is 2.24 bits per heavy atom. The molecular formula is C13H18N4. The van der Waals surface area contributed by atoms with E-state index < -0.39 is 0 Å². The van der Waals surface area contributed by atoms with Gasteiger partial charge >= 0.3 is 0 Å². The molecule has 0 bridgehead atoms. The molecule has 0 saturated carbocycles. The molecule has 0 spiro atoms. The lowest BCUT2D eigenvalue weighted by Crippen LogP contribution is -2.08. The van der Waals surface area contributed by atoms with E-state index in [0.717, 1.165) is 23.8 Å². The second-order valence-corrected chi connectivity index (χ2v) is 4.42. The van der Waals surface area contributed by atoms with Crippen LogP contribution in [-0.2, 0) is 6.54 Å². The first-order valence-electron chi connectivity index (χ1n) is 5.85. The van der Waals surface area contributed by atoms with Gasteiger partial charge < -0.3 is 9.88 Å². The molecule has 0 atom stereocenters. The minimum absolute atomic E-state index is 0.410. The molecule has 17 heavy (non-hydrogen) atoms. The van der Waals surface area contributed by atoms with E-state index in [0.29, 0.717) is 6.04 Å². The zero-order chi connectivity index (χ0) is 12.3. The second kappa shape index (κ2) is 4.99. The van der Waals surface area contributed by atoms with Gasteiger partial charge in [-0.05, 0) is 32.4 Å². The van der Waals surface area contributed by atoms with Gasteiger partial charge in [-0.1, -0.05) is 6.07 Å². The molecule has 2 aromatic heterocycles. The molecule has 1 N–H and O–H groups in total. The summed E-state index contributed by atoms with van der Waals surface area (Å²) in [5.74, 6) is 0.918. The maximum atomic E-state index is 4.48. The van der Waals surface area contributed by atoms with Crippen molar-refractivity contribution in [1.82, 2.24) is 14.5 Å². The van der Waals surface area contributed by atoms with Crippen molar-refractivity contribution in [3.63, 3.8) is 0 Å². The van der Waals surface area contributed by atoms with E-state index in [4.69, 9.17) is 0 Å². The average Bonchev–Trinajstić information content (AvgIpc) is 2.69. The molecule has 2 aromatic rings. The van der Waals surface area contributed by atoms with E-state index >= 15 is 0 Å². The summed E-state index contributed by atoms with van der Waals surface area (Å²) in [5, 5.41) is 3.34. The Kier molecular flexibility index (Phi) is 3.42. The van der Waals surface area contributed by atoms with Crippen molar-refractivity contribution in [3.05, 3.63) is 42.0 Å². The Hall–Kier alpha value is -1.84. The van der Waals surface area contributed by atoms with Gasteiger partial charge in [-0.15, -0.1) is 0 Å². The highest BCUT2D eigenvalue weighted by Crippen LogP contribution is 2.15. The highest BCUT2D eigenvalue weighted by atomic mass is 15.2. The molecule has 4 nitrogen and oxygen atoms in total. The van der Waals surface area contributed by atoms with Gasteiger partial charge in [0, 0.05) is 31.2 Å². The molecule has 0 aliphatic carbocycles. The van der Waals surface area contributed by atoms with Crippen molar-refractivity contribution in [1.29, 1.82) is 0 Å². The lowest BCUT2D eigenvalue weighted by atomic mass is 10.3. The number of imidazole rings is 1. The third-order valence-electron chi connectivity index (χ3n) is 2.58. The first kappa shape index (κ1) is 11.6. The van der Waals surface area contributed by atoms with Crippen molar-refractivity contribution >= 4 is 5.95 Å². The predicted molar refractivity (Wildman–Crippen MR) is 68.9 cm³/mol. The van der Waals surface area contributed by atoms with Gasteiger partial charge in [-0.25, -0.2) is 4.98 Å². The third-order valence-corrected chi connectivity index (χ3v) is 2.58. The number of hydrogen-bond acceptors (Lipinski definition) is 3. The summed E-state index contributed by atoms with van der Waals surface area (Å²) in [5.41, 5.74) is 2.19. The van der Waals surface area contributed by atoms with Crippen molar-refractivity contribution in [2.24, 2.45) is 0 Å². The topological polar surface area (TPSA) is 42.7 Å². The van der Waals surface area contributed by atoms with Crippen LogP contribution in [0.1, 0.15) is 31.1 Å². The van der Waals surface area contributed by atoms with Crippen LogP contribution in [0.15, 0.2) is 30.7 Å². The van der Waals surface area contributed by atoms with E-state index in [-0.39, 0.29) is 0 Å². The Labute approximate surface area is 102 Å². The van der Waals surface area contributed by atoms with Gasteiger partial charge in [0.1, 0.15) is 0 Å². The fourth-order valence-electron chi connectivity index (χ4n) is 1.72. The molecule has 90 valence electrons. The number of hydrogen-bond donors (Lipinski definition) is 1. The number of aromatic nitrogens is 3. The summed E-state index contributed by atoms with van der Waals surface area (Å²) in [7, 11) is 0. The fraction of sp³-hybridized carbons (Fsp3) is 0.385. The van der Waals surface area contributed by atoms with E-state index in [1.807, 2.05) is 19.2 Å². The molecule has 0 unspecified atom stereocenters. The second-order valence-electron chi connectivity index (χ2n) is 4.42. The first-order chi connectivity index (χ1) is 8.16. The standard InChI is InChI=1S/C13H18N4/c1-10(2)17-9-11(3)16-13(17)15-8-12-5-4-6-14-7-12/h4-7,9-10H,8H2,1-3H3,(H,15,16). The number of nitrogens with zero attached hydrogens (tertiary/aromatic N) is 3. The van der Waals surface area contributed by atoms with Crippen molar-refractivity contribution < 1.29 is 0 Å². The summed E-state index contributed by atoms with van der Waals surface area (Å²) in [6.45, 7) is 7.05. The van der Waals surface area contributed by atoms with Crippen molar-refractivity contribution in [3.8, 4) is 0 Å². The lowest BCUT2D eigenvalue weighted by molar-refractivity contribution is 0.604.